The fourth-order valence-corrected chi connectivity index (χ4v) is 3.05. The van der Waals surface area contributed by atoms with E-state index in [0.717, 1.165) is 32.4 Å². The van der Waals surface area contributed by atoms with Gasteiger partial charge in [0.1, 0.15) is 5.82 Å². The van der Waals surface area contributed by atoms with Gasteiger partial charge in [-0.1, -0.05) is 25.1 Å². The molecule has 1 saturated heterocycles. The largest absolute Gasteiger partial charge is 0.409 e. The summed E-state index contributed by atoms with van der Waals surface area (Å²) in [5, 5.41) is 11.8. The Morgan fingerprint density at radius 3 is 2.70 bits per heavy atom. The first-order valence-corrected chi connectivity index (χ1v) is 7.08. The van der Waals surface area contributed by atoms with Crippen molar-refractivity contribution in [3.63, 3.8) is 0 Å². The van der Waals surface area contributed by atoms with E-state index < -0.39 is 5.82 Å². The molecule has 5 heteroatoms. The van der Waals surface area contributed by atoms with Crippen molar-refractivity contribution < 1.29 is 9.60 Å². The predicted octanol–water partition coefficient (Wildman–Crippen LogP) is 2.94. The van der Waals surface area contributed by atoms with Crippen LogP contribution in [0.3, 0.4) is 0 Å². The Morgan fingerprint density at radius 1 is 1.45 bits per heavy atom. The molecule has 0 atom stereocenters. The minimum absolute atomic E-state index is 0.177. The summed E-state index contributed by atoms with van der Waals surface area (Å²) in [4.78, 5) is 2.14. The lowest BCUT2D eigenvalue weighted by Crippen LogP contribution is -2.29. The van der Waals surface area contributed by atoms with Crippen LogP contribution in [0.15, 0.2) is 23.4 Å². The van der Waals surface area contributed by atoms with Gasteiger partial charge in [0, 0.05) is 13.1 Å². The van der Waals surface area contributed by atoms with Gasteiger partial charge in [-0.15, -0.1) is 0 Å². The molecule has 0 saturated carbocycles. The first-order chi connectivity index (χ1) is 9.56. The van der Waals surface area contributed by atoms with Crippen LogP contribution in [-0.4, -0.2) is 24.1 Å². The lowest BCUT2D eigenvalue weighted by molar-refractivity contribution is 0.301. The zero-order valence-electron chi connectivity index (χ0n) is 12.1. The van der Waals surface area contributed by atoms with Crippen molar-refractivity contribution in [2.75, 3.05) is 18.0 Å². The van der Waals surface area contributed by atoms with Crippen LogP contribution in [0.1, 0.15) is 38.7 Å². The Kier molecular flexibility index (Phi) is 4.16. The number of hydrogen-bond acceptors (Lipinski definition) is 3. The molecule has 0 bridgehead atoms. The lowest BCUT2D eigenvalue weighted by atomic mass is 9.82. The number of oxime groups is 1. The molecule has 1 aliphatic heterocycles. The van der Waals surface area contributed by atoms with Crippen LogP contribution in [-0.2, 0) is 0 Å². The van der Waals surface area contributed by atoms with Crippen molar-refractivity contribution in [2.45, 2.75) is 33.1 Å². The number of amidine groups is 1. The SMILES string of the molecule is CCC1(CC)CCN(c2cccc(F)c2/C(N)=N/O)C1. The van der Waals surface area contributed by atoms with E-state index in [1.165, 1.54) is 6.07 Å². The maximum atomic E-state index is 14.0. The average Bonchev–Trinajstić information content (AvgIpc) is 2.91. The number of benzene rings is 1. The number of anilines is 1. The maximum Gasteiger partial charge on any atom is 0.175 e. The van der Waals surface area contributed by atoms with Crippen molar-refractivity contribution in [1.29, 1.82) is 0 Å². The van der Waals surface area contributed by atoms with E-state index in [2.05, 4.69) is 23.9 Å². The van der Waals surface area contributed by atoms with Crippen LogP contribution in [0.4, 0.5) is 10.1 Å². The minimum atomic E-state index is -0.455. The van der Waals surface area contributed by atoms with E-state index in [1.807, 2.05) is 6.07 Å². The van der Waals surface area contributed by atoms with Gasteiger partial charge in [0.15, 0.2) is 5.84 Å². The molecule has 4 nitrogen and oxygen atoms in total. The summed E-state index contributed by atoms with van der Waals surface area (Å²) in [6, 6.07) is 4.83. The van der Waals surface area contributed by atoms with Gasteiger partial charge < -0.3 is 15.8 Å². The number of halogens is 1. The van der Waals surface area contributed by atoms with E-state index in [4.69, 9.17) is 10.9 Å². The summed E-state index contributed by atoms with van der Waals surface area (Å²) >= 11 is 0. The third-order valence-corrected chi connectivity index (χ3v) is 4.63. The molecule has 0 aliphatic carbocycles. The van der Waals surface area contributed by atoms with Gasteiger partial charge in [-0.3, -0.25) is 0 Å². The van der Waals surface area contributed by atoms with Gasteiger partial charge in [-0.2, -0.15) is 0 Å². The van der Waals surface area contributed by atoms with Crippen LogP contribution >= 0.6 is 0 Å². The van der Waals surface area contributed by atoms with Crippen LogP contribution in [0, 0.1) is 11.2 Å². The topological polar surface area (TPSA) is 61.8 Å². The van der Waals surface area contributed by atoms with E-state index >= 15 is 0 Å². The molecule has 110 valence electrons. The van der Waals surface area contributed by atoms with E-state index in [-0.39, 0.29) is 16.8 Å². The van der Waals surface area contributed by atoms with Crippen molar-refractivity contribution in [3.05, 3.63) is 29.6 Å². The predicted molar refractivity (Wildman–Crippen MR) is 78.8 cm³/mol. The van der Waals surface area contributed by atoms with E-state index in [9.17, 15) is 4.39 Å². The number of nitrogens with zero attached hydrogens (tertiary/aromatic N) is 2. The molecule has 2 rings (SSSR count). The summed E-state index contributed by atoms with van der Waals surface area (Å²) in [6.07, 6.45) is 3.30. The number of hydrogen-bond donors (Lipinski definition) is 2. The number of rotatable bonds is 4. The number of nitrogens with two attached hydrogens (primary N) is 1. The molecule has 20 heavy (non-hydrogen) atoms. The average molecular weight is 279 g/mol. The molecule has 1 heterocycles. The standard InChI is InChI=1S/C15H22FN3O/c1-3-15(4-2)8-9-19(10-15)12-7-5-6-11(16)13(12)14(17)18-20/h5-7,20H,3-4,8-10H2,1-2H3,(H2,17,18). The van der Waals surface area contributed by atoms with Gasteiger partial charge >= 0.3 is 0 Å². The van der Waals surface area contributed by atoms with E-state index in [0.29, 0.717) is 5.69 Å². The molecule has 0 unspecified atom stereocenters. The molecular formula is C15H22FN3O. The Labute approximate surface area is 119 Å². The second-order valence-corrected chi connectivity index (χ2v) is 5.50. The molecule has 0 spiro atoms. The highest BCUT2D eigenvalue weighted by molar-refractivity contribution is 6.02. The zero-order chi connectivity index (χ0) is 14.8. The fourth-order valence-electron chi connectivity index (χ4n) is 3.05. The van der Waals surface area contributed by atoms with Gasteiger partial charge in [-0.05, 0) is 36.8 Å². The van der Waals surface area contributed by atoms with Gasteiger partial charge in [0.2, 0.25) is 0 Å². The Morgan fingerprint density at radius 2 is 2.15 bits per heavy atom. The monoisotopic (exact) mass is 279 g/mol. The van der Waals surface area contributed by atoms with Crippen molar-refractivity contribution in [3.8, 4) is 0 Å². The Balaban J connectivity index is 2.38. The Bertz CT molecular complexity index is 512. The summed E-state index contributed by atoms with van der Waals surface area (Å²) in [6.45, 7) is 6.15. The molecular weight excluding hydrogens is 257 g/mol. The molecule has 0 radical (unpaired) electrons. The van der Waals surface area contributed by atoms with Crippen molar-refractivity contribution >= 4 is 11.5 Å². The van der Waals surface area contributed by atoms with Crippen LogP contribution in [0.5, 0.6) is 0 Å². The van der Waals surface area contributed by atoms with Crippen molar-refractivity contribution in [1.82, 2.24) is 0 Å². The highest BCUT2D eigenvalue weighted by Gasteiger charge is 2.36. The first-order valence-electron chi connectivity index (χ1n) is 7.08. The molecule has 0 amide bonds. The normalized spacial score (nSPS) is 18.6. The quantitative estimate of drug-likeness (QED) is 0.385. The summed E-state index contributed by atoms with van der Waals surface area (Å²) in [5.74, 6) is -0.633. The second kappa shape index (κ2) is 5.69. The zero-order valence-corrected chi connectivity index (χ0v) is 12.1. The molecule has 1 fully saturated rings. The highest BCUT2D eigenvalue weighted by Crippen LogP contribution is 2.40. The highest BCUT2D eigenvalue weighted by atomic mass is 19.1. The Hall–Kier alpha value is -1.78. The minimum Gasteiger partial charge on any atom is -0.409 e. The molecule has 1 aromatic rings. The molecule has 1 aliphatic rings. The maximum absolute atomic E-state index is 14.0. The second-order valence-electron chi connectivity index (χ2n) is 5.50. The smallest absolute Gasteiger partial charge is 0.175 e. The third-order valence-electron chi connectivity index (χ3n) is 4.63. The molecule has 0 aromatic heterocycles. The van der Waals surface area contributed by atoms with Crippen LogP contribution in [0.25, 0.3) is 0 Å². The van der Waals surface area contributed by atoms with Gasteiger partial charge in [0.05, 0.1) is 11.3 Å². The first kappa shape index (κ1) is 14.6. The van der Waals surface area contributed by atoms with Gasteiger partial charge in [0.25, 0.3) is 0 Å². The fraction of sp³-hybridized carbons (Fsp3) is 0.533. The lowest BCUT2D eigenvalue weighted by Gasteiger charge is -2.28. The summed E-state index contributed by atoms with van der Waals surface area (Å²) < 4.78 is 14.0. The summed E-state index contributed by atoms with van der Waals surface area (Å²) in [5.41, 5.74) is 6.82. The van der Waals surface area contributed by atoms with E-state index in [1.54, 1.807) is 6.07 Å². The molecule has 1 aromatic carbocycles. The molecule has 3 N–H and O–H groups in total. The van der Waals surface area contributed by atoms with Crippen LogP contribution < -0.4 is 10.6 Å². The third kappa shape index (κ3) is 2.44. The van der Waals surface area contributed by atoms with Crippen molar-refractivity contribution in [2.24, 2.45) is 16.3 Å². The van der Waals surface area contributed by atoms with Crippen LogP contribution in [0.2, 0.25) is 0 Å². The summed E-state index contributed by atoms with van der Waals surface area (Å²) in [7, 11) is 0. The van der Waals surface area contributed by atoms with Gasteiger partial charge in [-0.25, -0.2) is 4.39 Å².